The van der Waals surface area contributed by atoms with Crippen molar-refractivity contribution < 1.29 is 13.2 Å². The Morgan fingerprint density at radius 1 is 1.07 bits per heavy atom. The number of thiophene rings is 1. The lowest BCUT2D eigenvalue weighted by molar-refractivity contribution is -0.119. The van der Waals surface area contributed by atoms with Crippen LogP contribution in [0.2, 0.25) is 4.34 Å². The Kier molecular flexibility index (Phi) is 6.49. The molecule has 146 valence electrons. The summed E-state index contributed by atoms with van der Waals surface area (Å²) in [7, 11) is -3.56. The lowest BCUT2D eigenvalue weighted by Gasteiger charge is -2.15. The van der Waals surface area contributed by atoms with E-state index in [1.54, 1.807) is 24.5 Å². The maximum Gasteiger partial charge on any atom is 0.235 e. The van der Waals surface area contributed by atoms with Crippen molar-refractivity contribution in [3.05, 3.63) is 75.7 Å². The van der Waals surface area contributed by atoms with Gasteiger partial charge in [0.25, 0.3) is 0 Å². The topological polar surface area (TPSA) is 76.1 Å². The van der Waals surface area contributed by atoms with E-state index < -0.39 is 21.5 Å². The monoisotopic (exact) mass is 434 g/mol. The molecule has 1 aromatic carbocycles. The lowest BCUT2D eigenvalue weighted by Crippen LogP contribution is -2.32. The maximum atomic E-state index is 12.2. The highest BCUT2D eigenvalue weighted by molar-refractivity contribution is 7.91. The second kappa shape index (κ2) is 8.86. The summed E-state index contributed by atoms with van der Waals surface area (Å²) >= 11 is 7.03. The largest absolute Gasteiger partial charge is 0.349 e. The Bertz CT molecular complexity index is 1050. The van der Waals surface area contributed by atoms with Crippen LogP contribution in [0.5, 0.6) is 0 Å². The zero-order valence-electron chi connectivity index (χ0n) is 15.1. The van der Waals surface area contributed by atoms with Crippen LogP contribution in [0.25, 0.3) is 11.1 Å². The maximum absolute atomic E-state index is 12.2. The number of sulfone groups is 1. The molecule has 0 radical (unpaired) electrons. The Balaban J connectivity index is 1.59. The Morgan fingerprint density at radius 3 is 2.32 bits per heavy atom. The standard InChI is InChI=1S/C20H19ClN2O3S2/c1-14(15-2-4-16(5-3-15)17-8-10-22-11-9-17)23-20(24)13-28(25,26)12-18-6-7-19(21)27-18/h2-11,14H,12-13H2,1H3,(H,23,24). The molecule has 0 saturated heterocycles. The molecular formula is C20H19ClN2O3S2. The number of nitrogens with zero attached hydrogens (tertiary/aromatic N) is 1. The summed E-state index contributed by atoms with van der Waals surface area (Å²) in [6.45, 7) is 1.82. The van der Waals surface area contributed by atoms with Crippen molar-refractivity contribution in [1.82, 2.24) is 10.3 Å². The minimum Gasteiger partial charge on any atom is -0.349 e. The van der Waals surface area contributed by atoms with Crippen LogP contribution in [0.1, 0.15) is 23.4 Å². The highest BCUT2D eigenvalue weighted by atomic mass is 35.5. The summed E-state index contributed by atoms with van der Waals surface area (Å²) in [5, 5.41) is 2.75. The number of halogens is 1. The smallest absolute Gasteiger partial charge is 0.235 e. The molecule has 8 heteroatoms. The molecule has 3 rings (SSSR count). The van der Waals surface area contributed by atoms with Gasteiger partial charge < -0.3 is 5.32 Å². The molecule has 0 aliphatic heterocycles. The molecular weight excluding hydrogens is 416 g/mol. The van der Waals surface area contributed by atoms with E-state index in [1.807, 2.05) is 43.3 Å². The average Bonchev–Trinajstić information content (AvgIpc) is 3.05. The van der Waals surface area contributed by atoms with Crippen molar-refractivity contribution in [3.63, 3.8) is 0 Å². The van der Waals surface area contributed by atoms with Crippen LogP contribution in [0.4, 0.5) is 0 Å². The molecule has 0 bridgehead atoms. The highest BCUT2D eigenvalue weighted by Gasteiger charge is 2.20. The van der Waals surface area contributed by atoms with E-state index in [2.05, 4.69) is 10.3 Å². The first kappa shape index (κ1) is 20.5. The van der Waals surface area contributed by atoms with Crippen LogP contribution in [0.3, 0.4) is 0 Å². The van der Waals surface area contributed by atoms with Gasteiger partial charge in [0.1, 0.15) is 5.75 Å². The molecule has 1 amide bonds. The second-order valence-electron chi connectivity index (χ2n) is 6.39. The number of nitrogens with one attached hydrogen (secondary N) is 1. The van der Waals surface area contributed by atoms with Crippen LogP contribution in [0.15, 0.2) is 60.9 Å². The van der Waals surface area contributed by atoms with Crippen LogP contribution in [0, 0.1) is 0 Å². The van der Waals surface area contributed by atoms with Crippen molar-refractivity contribution in [2.24, 2.45) is 0 Å². The van der Waals surface area contributed by atoms with E-state index in [0.717, 1.165) is 16.7 Å². The lowest BCUT2D eigenvalue weighted by atomic mass is 10.0. The zero-order chi connectivity index (χ0) is 20.1. The molecule has 0 saturated carbocycles. The van der Waals surface area contributed by atoms with Gasteiger partial charge in [0.15, 0.2) is 9.84 Å². The third-order valence-corrected chi connectivity index (χ3v) is 7.01. The normalized spacial score (nSPS) is 12.5. The number of hydrogen-bond donors (Lipinski definition) is 1. The SMILES string of the molecule is CC(NC(=O)CS(=O)(=O)Cc1ccc(Cl)s1)c1ccc(-c2ccncc2)cc1. The van der Waals surface area contributed by atoms with E-state index >= 15 is 0 Å². The van der Waals surface area contributed by atoms with Gasteiger partial charge in [-0.05, 0) is 47.9 Å². The predicted molar refractivity (Wildman–Crippen MR) is 113 cm³/mol. The molecule has 0 fully saturated rings. The van der Waals surface area contributed by atoms with Crippen LogP contribution in [-0.2, 0) is 20.4 Å². The first-order chi connectivity index (χ1) is 13.3. The number of benzene rings is 1. The molecule has 28 heavy (non-hydrogen) atoms. The van der Waals surface area contributed by atoms with E-state index in [1.165, 1.54) is 11.3 Å². The van der Waals surface area contributed by atoms with Crippen molar-refractivity contribution in [3.8, 4) is 11.1 Å². The number of carbonyl (C=O) groups excluding carboxylic acids is 1. The van der Waals surface area contributed by atoms with Gasteiger partial charge in [0, 0.05) is 17.3 Å². The minimum atomic E-state index is -3.56. The van der Waals surface area contributed by atoms with Gasteiger partial charge >= 0.3 is 0 Å². The van der Waals surface area contributed by atoms with Gasteiger partial charge in [0.2, 0.25) is 5.91 Å². The molecule has 1 atom stereocenters. The Morgan fingerprint density at radius 2 is 1.71 bits per heavy atom. The molecule has 2 aromatic heterocycles. The molecule has 1 unspecified atom stereocenters. The van der Waals surface area contributed by atoms with Crippen LogP contribution >= 0.6 is 22.9 Å². The quantitative estimate of drug-likeness (QED) is 0.602. The number of aromatic nitrogens is 1. The van der Waals surface area contributed by atoms with Crippen LogP contribution in [-0.4, -0.2) is 25.1 Å². The number of rotatable bonds is 7. The van der Waals surface area contributed by atoms with Gasteiger partial charge in [-0.1, -0.05) is 35.9 Å². The molecule has 1 N–H and O–H groups in total. The summed E-state index contributed by atoms with van der Waals surface area (Å²) < 4.78 is 25.0. The molecule has 3 aromatic rings. The van der Waals surface area contributed by atoms with Gasteiger partial charge in [-0.3, -0.25) is 9.78 Å². The second-order valence-corrected chi connectivity index (χ2v) is 10.2. The molecule has 0 spiro atoms. The number of amides is 1. The van der Waals surface area contributed by atoms with Crippen molar-refractivity contribution in [2.75, 3.05) is 5.75 Å². The van der Waals surface area contributed by atoms with Gasteiger partial charge in [-0.15, -0.1) is 11.3 Å². The summed E-state index contributed by atoms with van der Waals surface area (Å²) in [4.78, 5) is 16.8. The average molecular weight is 435 g/mol. The zero-order valence-corrected chi connectivity index (χ0v) is 17.5. The molecule has 0 aliphatic rings. The number of pyridine rings is 1. The van der Waals surface area contributed by atoms with Crippen molar-refractivity contribution >= 4 is 38.7 Å². The summed E-state index contributed by atoms with van der Waals surface area (Å²) in [6, 6.07) is 14.6. The molecule has 2 heterocycles. The van der Waals surface area contributed by atoms with Gasteiger partial charge in [-0.2, -0.15) is 0 Å². The van der Waals surface area contributed by atoms with Gasteiger partial charge in [-0.25, -0.2) is 8.42 Å². The Labute approximate surface area is 173 Å². The minimum absolute atomic E-state index is 0.188. The first-order valence-corrected chi connectivity index (χ1v) is 11.6. The Hall–Kier alpha value is -2.22. The fourth-order valence-electron chi connectivity index (χ4n) is 2.77. The van der Waals surface area contributed by atoms with Crippen LogP contribution < -0.4 is 5.32 Å². The van der Waals surface area contributed by atoms with Crippen molar-refractivity contribution in [1.29, 1.82) is 0 Å². The third-order valence-electron chi connectivity index (χ3n) is 4.14. The van der Waals surface area contributed by atoms with E-state index in [9.17, 15) is 13.2 Å². The highest BCUT2D eigenvalue weighted by Crippen LogP contribution is 2.24. The van der Waals surface area contributed by atoms with E-state index in [4.69, 9.17) is 11.6 Å². The van der Waals surface area contributed by atoms with Crippen molar-refractivity contribution in [2.45, 2.75) is 18.7 Å². The van der Waals surface area contributed by atoms with E-state index in [0.29, 0.717) is 9.21 Å². The summed E-state index contributed by atoms with van der Waals surface area (Å²) in [6.07, 6.45) is 3.47. The third kappa shape index (κ3) is 5.64. The first-order valence-electron chi connectivity index (χ1n) is 8.57. The van der Waals surface area contributed by atoms with E-state index in [-0.39, 0.29) is 11.8 Å². The fraction of sp³-hybridized carbons (Fsp3) is 0.200. The summed E-state index contributed by atoms with van der Waals surface area (Å²) in [5.74, 6) is -1.26. The molecule has 0 aliphatic carbocycles. The van der Waals surface area contributed by atoms with Gasteiger partial charge in [0.05, 0.1) is 16.1 Å². The number of hydrogen-bond acceptors (Lipinski definition) is 5. The fourth-order valence-corrected chi connectivity index (χ4v) is 5.54. The number of carbonyl (C=O) groups is 1. The summed E-state index contributed by atoms with van der Waals surface area (Å²) in [5.41, 5.74) is 2.99. The molecule has 5 nitrogen and oxygen atoms in total. The predicted octanol–water partition coefficient (Wildman–Crippen LogP) is 4.26.